The van der Waals surface area contributed by atoms with Crippen molar-refractivity contribution in [2.45, 2.75) is 134 Å². The van der Waals surface area contributed by atoms with E-state index in [0.717, 1.165) is 12.8 Å². The van der Waals surface area contributed by atoms with Crippen molar-refractivity contribution in [1.29, 1.82) is 0 Å². The van der Waals surface area contributed by atoms with E-state index >= 15 is 0 Å². The van der Waals surface area contributed by atoms with Crippen LogP contribution in [0.4, 0.5) is 26.3 Å². The Balaban J connectivity index is 1.07. The summed E-state index contributed by atoms with van der Waals surface area (Å²) >= 11 is 0. The predicted molar refractivity (Wildman–Crippen MR) is 172 cm³/mol. The number of rotatable bonds is 9. The van der Waals surface area contributed by atoms with Crippen LogP contribution in [0.5, 0.6) is 0 Å². The third kappa shape index (κ3) is 8.07. The molecule has 16 heteroatoms. The quantitative estimate of drug-likeness (QED) is 0.107. The summed E-state index contributed by atoms with van der Waals surface area (Å²) in [6.45, 7) is 6.28. The molecular weight excluding hydrogens is 718 g/mol. The molecule has 53 heavy (non-hydrogen) atoms. The maximum Gasteiger partial charge on any atom is 0.449 e. The molecule has 1 N–H and O–H groups in total. The second-order valence-electron chi connectivity index (χ2n) is 16.1. The molecule has 4 saturated heterocycles. The average Bonchev–Trinajstić information content (AvgIpc) is 3.43. The van der Waals surface area contributed by atoms with Crippen LogP contribution in [0.1, 0.15) is 98.3 Å². The Morgan fingerprint density at radius 1 is 0.868 bits per heavy atom. The van der Waals surface area contributed by atoms with Crippen molar-refractivity contribution in [3.8, 4) is 0 Å². The van der Waals surface area contributed by atoms with Gasteiger partial charge in [-0.3, -0.25) is 9.59 Å². The molecule has 11 atom stereocenters. The summed E-state index contributed by atoms with van der Waals surface area (Å²) in [5.41, 5.74) is -2.06. The van der Waals surface area contributed by atoms with Crippen molar-refractivity contribution >= 4 is 11.9 Å². The van der Waals surface area contributed by atoms with Gasteiger partial charge in [0.05, 0.1) is 12.7 Å². The number of esters is 2. The van der Waals surface area contributed by atoms with Crippen molar-refractivity contribution in [2.24, 2.45) is 41.4 Å². The Kier molecular flexibility index (Phi) is 11.5. The molecule has 0 radical (unpaired) electrons. The van der Waals surface area contributed by atoms with Crippen LogP contribution in [-0.2, 0) is 43.0 Å². The largest absolute Gasteiger partial charge is 0.504 e. The van der Waals surface area contributed by atoms with Crippen LogP contribution < -0.4 is 0 Å². The Bertz CT molecular complexity index is 1450. The van der Waals surface area contributed by atoms with Crippen molar-refractivity contribution in [2.75, 3.05) is 19.8 Å². The highest BCUT2D eigenvalue weighted by molar-refractivity contribution is 5.72. The highest BCUT2D eigenvalue weighted by Gasteiger charge is 2.70. The molecule has 0 aromatic carbocycles. The first kappa shape index (κ1) is 40.1. The lowest BCUT2D eigenvalue weighted by molar-refractivity contribution is -0.557. The fraction of sp³-hybridized carbons (Fsp3) is 0.838. The van der Waals surface area contributed by atoms with Gasteiger partial charge in [-0.15, -0.1) is 0 Å². The molecule has 0 aromatic rings. The summed E-state index contributed by atoms with van der Waals surface area (Å²) < 4.78 is 113. The first-order chi connectivity index (χ1) is 24.8. The van der Waals surface area contributed by atoms with E-state index < -0.39 is 84.1 Å². The van der Waals surface area contributed by atoms with Crippen LogP contribution >= 0.6 is 0 Å². The summed E-state index contributed by atoms with van der Waals surface area (Å²) in [7, 11) is 0. The van der Waals surface area contributed by atoms with Gasteiger partial charge in [0.2, 0.25) is 23.6 Å². The second kappa shape index (κ2) is 15.2. The van der Waals surface area contributed by atoms with Crippen molar-refractivity contribution in [1.82, 2.24) is 0 Å². The maximum atomic E-state index is 14.4. The summed E-state index contributed by atoms with van der Waals surface area (Å²) in [6, 6.07) is 0. The third-order valence-electron chi connectivity index (χ3n) is 12.7. The van der Waals surface area contributed by atoms with E-state index in [0.29, 0.717) is 32.1 Å². The zero-order valence-electron chi connectivity index (χ0n) is 30.5. The van der Waals surface area contributed by atoms with Crippen molar-refractivity contribution < 1.29 is 74.5 Å². The van der Waals surface area contributed by atoms with Gasteiger partial charge in [0.15, 0.2) is 5.60 Å². The van der Waals surface area contributed by atoms with Gasteiger partial charge >= 0.3 is 24.3 Å². The molecule has 7 aliphatic rings. The zero-order chi connectivity index (χ0) is 38.5. The Hall–Kier alpha value is -2.56. The zero-order valence-corrected chi connectivity index (χ0v) is 30.5. The van der Waals surface area contributed by atoms with E-state index in [-0.39, 0.29) is 73.6 Å². The molecule has 6 fully saturated rings. The molecule has 0 amide bonds. The van der Waals surface area contributed by atoms with Crippen LogP contribution in [0.25, 0.3) is 0 Å². The van der Waals surface area contributed by atoms with Gasteiger partial charge in [-0.2, -0.15) is 26.3 Å². The number of hydrogen-bond donors (Lipinski definition) is 1. The van der Waals surface area contributed by atoms with E-state index in [4.69, 9.17) is 33.5 Å². The molecule has 2 saturated carbocycles. The third-order valence-corrected chi connectivity index (χ3v) is 12.7. The van der Waals surface area contributed by atoms with E-state index in [1.165, 1.54) is 0 Å². The summed E-state index contributed by atoms with van der Waals surface area (Å²) in [5, 5.41) is 10.3. The van der Waals surface area contributed by atoms with Gasteiger partial charge in [0, 0.05) is 42.2 Å². The van der Waals surface area contributed by atoms with Crippen LogP contribution in [0.15, 0.2) is 22.7 Å². The molecule has 7 rings (SSSR count). The minimum atomic E-state index is -5.05. The number of aliphatic hydroxyl groups excluding tert-OH is 1. The van der Waals surface area contributed by atoms with E-state index in [9.17, 15) is 41.0 Å². The minimum Gasteiger partial charge on any atom is -0.504 e. The summed E-state index contributed by atoms with van der Waals surface area (Å²) in [5.74, 6) is -7.85. The number of fused-ring (bicyclic) bond motifs is 3. The molecule has 300 valence electrons. The molecule has 5 aliphatic heterocycles. The highest BCUT2D eigenvalue weighted by Crippen LogP contribution is 2.61. The Labute approximate surface area is 304 Å². The average molecular weight is 769 g/mol. The van der Waals surface area contributed by atoms with E-state index in [2.05, 4.69) is 6.92 Å². The minimum absolute atomic E-state index is 0.0463. The molecule has 2 bridgehead atoms. The highest BCUT2D eigenvalue weighted by atomic mass is 19.4. The van der Waals surface area contributed by atoms with Gasteiger partial charge < -0.3 is 28.8 Å². The van der Waals surface area contributed by atoms with Crippen LogP contribution in [0.2, 0.25) is 0 Å². The van der Waals surface area contributed by atoms with Crippen LogP contribution in [0, 0.1) is 41.4 Å². The lowest BCUT2D eigenvalue weighted by Gasteiger charge is -2.57. The van der Waals surface area contributed by atoms with E-state index in [1.54, 1.807) is 6.92 Å². The number of aliphatic hydroxyl groups is 1. The number of ether oxygens (including phenoxy) is 5. The van der Waals surface area contributed by atoms with E-state index in [1.807, 2.05) is 13.8 Å². The number of carbonyl (C=O) groups is 2. The number of alkyl halides is 6. The van der Waals surface area contributed by atoms with Gasteiger partial charge in [0.25, 0.3) is 0 Å². The fourth-order valence-electron chi connectivity index (χ4n) is 9.82. The van der Waals surface area contributed by atoms with Crippen LogP contribution in [-0.4, -0.2) is 73.0 Å². The monoisotopic (exact) mass is 768 g/mol. The Morgan fingerprint density at radius 3 is 2.26 bits per heavy atom. The van der Waals surface area contributed by atoms with Crippen molar-refractivity contribution in [3.63, 3.8) is 0 Å². The lowest BCUT2D eigenvalue weighted by atomic mass is 9.59. The predicted octanol–water partition coefficient (Wildman–Crippen LogP) is 8.16. The number of allylic oxidation sites excluding steroid dienone is 2. The number of carbonyl (C=O) groups excluding carboxylic acids is 2. The molecule has 10 nitrogen and oxygen atoms in total. The number of halogens is 6. The molecule has 0 aromatic heterocycles. The van der Waals surface area contributed by atoms with Gasteiger partial charge in [0.1, 0.15) is 13.2 Å². The standard InChI is InChI=1S/C37H50F6O10/c1-19-8-11-23(24-16-47-21(3)10-12-22(19)24)25(31(46)36(38,39)40)17-48-29(44)6-5-7-30(45)49-18-26-28-13-9-20(2)27-14-15-34(4)51-33(35(27,28)53-52-34)50-32(26)37(41,42)43/h19-24,27-28,33,46H,5-18H2,1-4H3/b31-25-/t19-,20-,21+,22?,23-,24?,27?,28+,33-,34?,35-/m1/s1. The van der Waals surface area contributed by atoms with Gasteiger partial charge in [-0.1, -0.05) is 13.8 Å². The maximum absolute atomic E-state index is 14.4. The normalized spacial score (nSPS) is 39.1. The first-order valence-electron chi connectivity index (χ1n) is 18.8. The molecule has 1 spiro atoms. The Morgan fingerprint density at radius 2 is 1.57 bits per heavy atom. The number of hydrogen-bond acceptors (Lipinski definition) is 10. The first-order valence-corrected chi connectivity index (χ1v) is 18.8. The van der Waals surface area contributed by atoms with Gasteiger partial charge in [-0.05, 0) is 94.8 Å². The fourth-order valence-corrected chi connectivity index (χ4v) is 9.82. The van der Waals surface area contributed by atoms with Crippen LogP contribution in [0.3, 0.4) is 0 Å². The van der Waals surface area contributed by atoms with Gasteiger partial charge in [-0.25, -0.2) is 9.78 Å². The second-order valence-corrected chi connectivity index (χ2v) is 16.1. The molecule has 4 unspecified atom stereocenters. The molecule has 2 aliphatic carbocycles. The molecular formula is C37H50F6O10. The SMILES string of the molecule is C[C@@H]1CC[C@@H](/C(COC(=O)CCCC(=O)OCC2=C(C(F)(F)F)O[C@@H]3OC4(C)CCC5[C@H](C)CC[C@@H]2[C@]53OO4)=C(\O)C(F)(F)F)C2CO[C@@H](C)CCC21. The molecule has 5 heterocycles. The topological polar surface area (TPSA) is 119 Å². The van der Waals surface area contributed by atoms with Crippen molar-refractivity contribution in [3.05, 3.63) is 22.7 Å². The summed E-state index contributed by atoms with van der Waals surface area (Å²) in [6.07, 6.45) is -7.89. The lowest BCUT2D eigenvalue weighted by Crippen LogP contribution is -2.67. The summed E-state index contributed by atoms with van der Waals surface area (Å²) in [4.78, 5) is 37.0. The smallest absolute Gasteiger partial charge is 0.449 e.